The molecular formula is C14H12N2O. The Morgan fingerprint density at radius 3 is 2.65 bits per heavy atom. The van der Waals surface area contributed by atoms with Gasteiger partial charge in [0.2, 0.25) is 0 Å². The molecule has 0 radical (unpaired) electrons. The number of amides is 1. The molecule has 0 spiro atoms. The Labute approximate surface area is 100 Å². The van der Waals surface area contributed by atoms with Crippen LogP contribution in [0.2, 0.25) is 0 Å². The molecule has 1 aromatic rings. The summed E-state index contributed by atoms with van der Waals surface area (Å²) in [6.45, 7) is 0. The van der Waals surface area contributed by atoms with Crippen molar-refractivity contribution in [3.05, 3.63) is 35.4 Å². The zero-order valence-electron chi connectivity index (χ0n) is 9.36. The largest absolute Gasteiger partial charge is 0.349 e. The summed E-state index contributed by atoms with van der Waals surface area (Å²) in [6, 6.07) is 9.44. The molecule has 0 aromatic heterocycles. The maximum absolute atomic E-state index is 11.7. The van der Waals surface area contributed by atoms with Gasteiger partial charge in [0.15, 0.2) is 0 Å². The number of hydrogen-bond donors (Lipinski definition) is 1. The highest BCUT2D eigenvalue weighted by Gasteiger charge is 2.23. The lowest BCUT2D eigenvalue weighted by Gasteiger charge is -2.02. The molecule has 0 atom stereocenters. The highest BCUT2D eigenvalue weighted by atomic mass is 16.1. The van der Waals surface area contributed by atoms with Crippen molar-refractivity contribution < 1.29 is 4.79 Å². The van der Waals surface area contributed by atoms with E-state index in [1.54, 1.807) is 24.3 Å². The molecule has 0 saturated heterocycles. The van der Waals surface area contributed by atoms with Gasteiger partial charge in [-0.2, -0.15) is 5.26 Å². The lowest BCUT2D eigenvalue weighted by Crippen LogP contribution is -2.25. The average molecular weight is 224 g/mol. The van der Waals surface area contributed by atoms with Crippen molar-refractivity contribution in [1.29, 1.82) is 5.26 Å². The zero-order chi connectivity index (χ0) is 12.1. The van der Waals surface area contributed by atoms with E-state index < -0.39 is 0 Å². The molecular weight excluding hydrogens is 212 g/mol. The van der Waals surface area contributed by atoms with E-state index in [9.17, 15) is 4.79 Å². The van der Waals surface area contributed by atoms with Gasteiger partial charge in [-0.3, -0.25) is 4.79 Å². The molecule has 1 saturated carbocycles. The average Bonchev–Trinajstić information content (AvgIpc) is 3.14. The van der Waals surface area contributed by atoms with Gasteiger partial charge < -0.3 is 5.32 Å². The number of benzene rings is 1. The minimum absolute atomic E-state index is 0.0240. The fourth-order valence-corrected chi connectivity index (χ4v) is 1.39. The van der Waals surface area contributed by atoms with Crippen LogP contribution < -0.4 is 5.32 Å². The summed E-state index contributed by atoms with van der Waals surface area (Å²) in [7, 11) is 0. The van der Waals surface area contributed by atoms with E-state index in [1.165, 1.54) is 0 Å². The van der Waals surface area contributed by atoms with Gasteiger partial charge in [0.25, 0.3) is 5.91 Å². The van der Waals surface area contributed by atoms with Gasteiger partial charge in [0.05, 0.1) is 12.5 Å². The molecule has 0 unspecified atom stereocenters. The first-order valence-electron chi connectivity index (χ1n) is 5.56. The van der Waals surface area contributed by atoms with E-state index in [2.05, 4.69) is 17.2 Å². The predicted octanol–water partition coefficient (Wildman–Crippen LogP) is 1.84. The highest BCUT2D eigenvalue weighted by Crippen LogP contribution is 2.19. The van der Waals surface area contributed by atoms with Gasteiger partial charge in [-0.1, -0.05) is 11.8 Å². The van der Waals surface area contributed by atoms with Crippen LogP contribution >= 0.6 is 0 Å². The number of rotatable bonds is 2. The van der Waals surface area contributed by atoms with E-state index in [1.807, 2.05) is 6.07 Å². The van der Waals surface area contributed by atoms with Gasteiger partial charge in [-0.15, -0.1) is 0 Å². The van der Waals surface area contributed by atoms with Crippen LogP contribution in [0.5, 0.6) is 0 Å². The summed E-state index contributed by atoms with van der Waals surface area (Å²) in [6.07, 6.45) is 2.40. The van der Waals surface area contributed by atoms with E-state index in [-0.39, 0.29) is 12.3 Å². The lowest BCUT2D eigenvalue weighted by molar-refractivity contribution is 0.0951. The first-order chi connectivity index (χ1) is 8.29. The third kappa shape index (κ3) is 3.36. The van der Waals surface area contributed by atoms with Crippen LogP contribution in [0, 0.1) is 23.2 Å². The van der Waals surface area contributed by atoms with E-state index >= 15 is 0 Å². The lowest BCUT2D eigenvalue weighted by atomic mass is 10.1. The Kier molecular flexibility index (Phi) is 3.43. The summed E-state index contributed by atoms with van der Waals surface area (Å²) in [5.41, 5.74) is 1.48. The van der Waals surface area contributed by atoms with Gasteiger partial charge in [-0.05, 0) is 37.1 Å². The molecule has 0 heterocycles. The fourth-order valence-electron chi connectivity index (χ4n) is 1.39. The Bertz CT molecular complexity index is 510. The van der Waals surface area contributed by atoms with Crippen LogP contribution in [0.1, 0.15) is 35.2 Å². The van der Waals surface area contributed by atoms with Crippen molar-refractivity contribution in [2.45, 2.75) is 25.3 Å². The second-order valence-electron chi connectivity index (χ2n) is 3.96. The summed E-state index contributed by atoms with van der Waals surface area (Å²) in [5, 5.41) is 11.3. The molecule has 1 aliphatic rings. The fraction of sp³-hybridized carbons (Fsp3) is 0.286. The summed E-state index contributed by atoms with van der Waals surface area (Å²) < 4.78 is 0. The van der Waals surface area contributed by atoms with Crippen LogP contribution in [0.15, 0.2) is 24.3 Å². The Morgan fingerprint density at radius 1 is 1.35 bits per heavy atom. The zero-order valence-corrected chi connectivity index (χ0v) is 9.36. The van der Waals surface area contributed by atoms with Crippen LogP contribution in [0.25, 0.3) is 0 Å². The second kappa shape index (κ2) is 5.18. The van der Waals surface area contributed by atoms with Crippen LogP contribution in [-0.4, -0.2) is 11.9 Å². The van der Waals surface area contributed by atoms with Crippen LogP contribution in [0.3, 0.4) is 0 Å². The number of hydrogen-bond acceptors (Lipinski definition) is 2. The van der Waals surface area contributed by atoms with Gasteiger partial charge in [0.1, 0.15) is 0 Å². The predicted molar refractivity (Wildman–Crippen MR) is 64.0 cm³/mol. The number of nitriles is 1. The van der Waals surface area contributed by atoms with Crippen LogP contribution in [0.4, 0.5) is 0 Å². The smallest absolute Gasteiger partial charge is 0.251 e. The Morgan fingerprint density at radius 2 is 2.06 bits per heavy atom. The van der Waals surface area contributed by atoms with Crippen molar-refractivity contribution in [3.8, 4) is 17.9 Å². The van der Waals surface area contributed by atoms with Crippen molar-refractivity contribution in [1.82, 2.24) is 5.32 Å². The van der Waals surface area contributed by atoms with E-state index in [0.29, 0.717) is 11.6 Å². The van der Waals surface area contributed by atoms with Gasteiger partial charge >= 0.3 is 0 Å². The van der Waals surface area contributed by atoms with E-state index in [4.69, 9.17) is 5.26 Å². The van der Waals surface area contributed by atoms with Crippen molar-refractivity contribution >= 4 is 5.91 Å². The second-order valence-corrected chi connectivity index (χ2v) is 3.96. The van der Waals surface area contributed by atoms with Crippen molar-refractivity contribution in [2.24, 2.45) is 0 Å². The molecule has 1 aromatic carbocycles. The van der Waals surface area contributed by atoms with Gasteiger partial charge in [0, 0.05) is 17.2 Å². The first-order valence-corrected chi connectivity index (χ1v) is 5.56. The first kappa shape index (κ1) is 11.2. The minimum atomic E-state index is -0.0240. The molecule has 2 rings (SSSR count). The third-order valence-corrected chi connectivity index (χ3v) is 2.46. The standard InChI is InChI=1S/C14H12N2O/c15-10-2-1-3-11-4-6-12(7-5-11)14(17)16-13-8-9-13/h4-7,13H,2,8-9H2,(H,16,17). The van der Waals surface area contributed by atoms with Gasteiger partial charge in [-0.25, -0.2) is 0 Å². The summed E-state index contributed by atoms with van der Waals surface area (Å²) >= 11 is 0. The molecule has 1 N–H and O–H groups in total. The van der Waals surface area contributed by atoms with Crippen molar-refractivity contribution in [2.75, 3.05) is 0 Å². The molecule has 1 amide bonds. The molecule has 17 heavy (non-hydrogen) atoms. The molecule has 0 bridgehead atoms. The monoisotopic (exact) mass is 224 g/mol. The number of nitrogens with zero attached hydrogens (tertiary/aromatic N) is 1. The maximum Gasteiger partial charge on any atom is 0.251 e. The topological polar surface area (TPSA) is 52.9 Å². The maximum atomic E-state index is 11.7. The normalized spacial score (nSPS) is 13.1. The summed E-state index contributed by atoms with van der Waals surface area (Å²) in [4.78, 5) is 11.7. The molecule has 84 valence electrons. The molecule has 3 nitrogen and oxygen atoms in total. The molecule has 3 heteroatoms. The highest BCUT2D eigenvalue weighted by molar-refractivity contribution is 5.94. The Balaban J connectivity index is 2.00. The number of nitrogens with one attached hydrogen (secondary N) is 1. The van der Waals surface area contributed by atoms with Crippen molar-refractivity contribution in [3.63, 3.8) is 0 Å². The minimum Gasteiger partial charge on any atom is -0.349 e. The van der Waals surface area contributed by atoms with Crippen LogP contribution in [-0.2, 0) is 0 Å². The molecule has 1 fully saturated rings. The number of carbonyl (C=O) groups is 1. The van der Waals surface area contributed by atoms with E-state index in [0.717, 1.165) is 18.4 Å². The quantitative estimate of drug-likeness (QED) is 0.779. The molecule has 0 aliphatic heterocycles. The molecule has 1 aliphatic carbocycles. The third-order valence-electron chi connectivity index (χ3n) is 2.46. The summed E-state index contributed by atoms with van der Waals surface area (Å²) in [5.74, 6) is 5.57. The number of carbonyl (C=O) groups excluding carboxylic acids is 1. The Hall–Kier alpha value is -2.26. The SMILES string of the molecule is N#CCC#Cc1ccc(C(=O)NC2CC2)cc1.